The minimum atomic E-state index is -0.337. The van der Waals surface area contributed by atoms with E-state index >= 15 is 0 Å². The molecule has 4 fully saturated rings. The van der Waals surface area contributed by atoms with Crippen molar-refractivity contribution in [2.24, 2.45) is 28.6 Å². The molecule has 142 valence electrons. The summed E-state index contributed by atoms with van der Waals surface area (Å²) in [5.41, 5.74) is 1.17. The van der Waals surface area contributed by atoms with Gasteiger partial charge in [-0.1, -0.05) is 19.4 Å². The summed E-state index contributed by atoms with van der Waals surface area (Å²) < 4.78 is 0. The molecule has 1 aliphatic heterocycles. The minimum absolute atomic E-state index is 0.00179. The molecule has 5 rings (SSSR count). The SMILES string of the molecule is C[C@]12CCC(=O)C=C1CCC1C2[C@@H](O)C[C@@]2(C)C1CC[C@@]21CCC(=O)N1. The van der Waals surface area contributed by atoms with E-state index in [1.165, 1.54) is 12.0 Å². The number of allylic oxidation sites excluding steroid dienone is 1. The van der Waals surface area contributed by atoms with Gasteiger partial charge in [-0.2, -0.15) is 0 Å². The van der Waals surface area contributed by atoms with Gasteiger partial charge in [0.25, 0.3) is 0 Å². The minimum Gasteiger partial charge on any atom is -0.393 e. The van der Waals surface area contributed by atoms with Gasteiger partial charge in [-0.05, 0) is 79.6 Å². The average Bonchev–Trinajstić information content (AvgIpc) is 3.09. The van der Waals surface area contributed by atoms with Crippen LogP contribution in [0.3, 0.4) is 0 Å². The van der Waals surface area contributed by atoms with Crippen molar-refractivity contribution in [3.63, 3.8) is 0 Å². The van der Waals surface area contributed by atoms with Gasteiger partial charge in [-0.25, -0.2) is 0 Å². The van der Waals surface area contributed by atoms with E-state index in [0.717, 1.165) is 38.5 Å². The number of aliphatic hydroxyl groups is 1. The third-order valence-corrected chi connectivity index (χ3v) is 9.42. The Morgan fingerprint density at radius 3 is 2.62 bits per heavy atom. The summed E-state index contributed by atoms with van der Waals surface area (Å²) in [5.74, 6) is 1.80. The zero-order valence-corrected chi connectivity index (χ0v) is 16.0. The Labute approximate surface area is 155 Å². The highest BCUT2D eigenvalue weighted by Crippen LogP contribution is 2.68. The van der Waals surface area contributed by atoms with Gasteiger partial charge < -0.3 is 10.4 Å². The van der Waals surface area contributed by atoms with E-state index in [1.54, 1.807) is 0 Å². The zero-order chi connectivity index (χ0) is 18.3. The maximum absolute atomic E-state index is 12.0. The van der Waals surface area contributed by atoms with Crippen LogP contribution in [-0.4, -0.2) is 28.4 Å². The Kier molecular flexibility index (Phi) is 3.40. The lowest BCUT2D eigenvalue weighted by atomic mass is 9.45. The van der Waals surface area contributed by atoms with Gasteiger partial charge in [0, 0.05) is 18.4 Å². The molecule has 4 nitrogen and oxygen atoms in total. The second kappa shape index (κ2) is 5.21. The predicted molar refractivity (Wildman–Crippen MR) is 98.2 cm³/mol. The Hall–Kier alpha value is -1.16. The molecule has 4 aliphatic carbocycles. The number of hydrogen-bond donors (Lipinski definition) is 2. The molecular weight excluding hydrogens is 326 g/mol. The number of rotatable bonds is 0. The normalized spacial score (nSPS) is 53.0. The second-order valence-corrected chi connectivity index (χ2v) is 10.2. The Morgan fingerprint density at radius 2 is 1.88 bits per heavy atom. The lowest BCUT2D eigenvalue weighted by molar-refractivity contribution is -0.139. The Balaban J connectivity index is 1.53. The number of carbonyl (C=O) groups is 2. The van der Waals surface area contributed by atoms with Crippen LogP contribution in [0.4, 0.5) is 0 Å². The van der Waals surface area contributed by atoms with Crippen molar-refractivity contribution in [3.8, 4) is 0 Å². The number of hydrogen-bond acceptors (Lipinski definition) is 3. The van der Waals surface area contributed by atoms with Crippen molar-refractivity contribution in [2.45, 2.75) is 83.3 Å². The monoisotopic (exact) mass is 357 g/mol. The third kappa shape index (κ3) is 1.95. The molecule has 1 heterocycles. The standard InChI is InChI=1S/C22H31NO3/c1-20-8-5-14(24)11-13(20)3-4-15-16-6-9-22(10-7-18(26)23-22)21(16,2)12-17(25)19(15)20/h11,15-17,19,25H,3-10,12H2,1-2H3,(H,23,26)/t15?,16?,17-,19?,20-,21-,22+/m0/s1. The summed E-state index contributed by atoms with van der Waals surface area (Å²) in [5, 5.41) is 14.7. The lowest BCUT2D eigenvalue weighted by Gasteiger charge is -2.61. The number of amides is 1. The predicted octanol–water partition coefficient (Wildman–Crippen LogP) is 3.14. The summed E-state index contributed by atoms with van der Waals surface area (Å²) in [6.07, 6.45) is 9.74. The fraction of sp³-hybridized carbons (Fsp3) is 0.818. The van der Waals surface area contributed by atoms with Crippen LogP contribution in [-0.2, 0) is 9.59 Å². The number of aliphatic hydroxyl groups excluding tert-OH is 1. The van der Waals surface area contributed by atoms with E-state index in [2.05, 4.69) is 19.2 Å². The van der Waals surface area contributed by atoms with Crippen LogP contribution in [0.1, 0.15) is 71.6 Å². The quantitative estimate of drug-likeness (QED) is 0.700. The molecule has 0 radical (unpaired) electrons. The molecule has 2 N–H and O–H groups in total. The molecule has 7 atom stereocenters. The molecule has 0 aromatic heterocycles. The Bertz CT molecular complexity index is 714. The number of nitrogens with one attached hydrogen (secondary N) is 1. The number of fused-ring (bicyclic) bond motifs is 6. The molecule has 1 spiro atoms. The van der Waals surface area contributed by atoms with Crippen LogP contribution in [0, 0.1) is 28.6 Å². The molecule has 0 aromatic carbocycles. The largest absolute Gasteiger partial charge is 0.393 e. The van der Waals surface area contributed by atoms with Gasteiger partial charge >= 0.3 is 0 Å². The van der Waals surface area contributed by atoms with Crippen LogP contribution in [0.2, 0.25) is 0 Å². The second-order valence-electron chi connectivity index (χ2n) is 10.2. The maximum Gasteiger partial charge on any atom is 0.220 e. The fourth-order valence-electron chi connectivity index (χ4n) is 8.14. The number of carbonyl (C=O) groups excluding carboxylic acids is 2. The molecule has 26 heavy (non-hydrogen) atoms. The fourth-order valence-corrected chi connectivity index (χ4v) is 8.14. The summed E-state index contributed by atoms with van der Waals surface area (Å²) >= 11 is 0. The summed E-state index contributed by atoms with van der Waals surface area (Å²) in [6, 6.07) is 0. The molecular formula is C22H31NO3. The smallest absolute Gasteiger partial charge is 0.220 e. The summed E-state index contributed by atoms with van der Waals surface area (Å²) in [7, 11) is 0. The topological polar surface area (TPSA) is 66.4 Å². The van der Waals surface area contributed by atoms with Crippen LogP contribution < -0.4 is 5.32 Å². The van der Waals surface area contributed by atoms with Crippen LogP contribution >= 0.6 is 0 Å². The van der Waals surface area contributed by atoms with Crippen LogP contribution in [0.5, 0.6) is 0 Å². The van der Waals surface area contributed by atoms with E-state index in [9.17, 15) is 14.7 Å². The first kappa shape index (κ1) is 17.0. The van der Waals surface area contributed by atoms with Crippen molar-refractivity contribution in [1.82, 2.24) is 5.32 Å². The van der Waals surface area contributed by atoms with Gasteiger partial charge in [0.05, 0.1) is 6.10 Å². The van der Waals surface area contributed by atoms with Crippen LogP contribution in [0.25, 0.3) is 0 Å². The molecule has 1 saturated heterocycles. The molecule has 0 bridgehead atoms. The van der Waals surface area contributed by atoms with E-state index in [-0.39, 0.29) is 40.1 Å². The van der Waals surface area contributed by atoms with E-state index in [4.69, 9.17) is 0 Å². The van der Waals surface area contributed by atoms with Gasteiger partial charge in [0.2, 0.25) is 5.91 Å². The summed E-state index contributed by atoms with van der Waals surface area (Å²) in [6.45, 7) is 4.64. The maximum atomic E-state index is 12.0. The first-order valence-electron chi connectivity index (χ1n) is 10.5. The number of ketones is 1. The van der Waals surface area contributed by atoms with Crippen molar-refractivity contribution < 1.29 is 14.7 Å². The molecule has 1 amide bonds. The summed E-state index contributed by atoms with van der Waals surface area (Å²) in [4.78, 5) is 24.0. The first-order chi connectivity index (χ1) is 12.3. The highest BCUT2D eigenvalue weighted by molar-refractivity contribution is 5.91. The first-order valence-corrected chi connectivity index (χ1v) is 10.5. The third-order valence-electron chi connectivity index (χ3n) is 9.42. The van der Waals surface area contributed by atoms with Gasteiger partial charge in [0.15, 0.2) is 5.78 Å². The van der Waals surface area contributed by atoms with E-state index in [1.807, 2.05) is 6.08 Å². The Morgan fingerprint density at radius 1 is 1.08 bits per heavy atom. The molecule has 0 aromatic rings. The molecule has 4 heteroatoms. The van der Waals surface area contributed by atoms with Crippen LogP contribution in [0.15, 0.2) is 11.6 Å². The van der Waals surface area contributed by atoms with Crippen molar-refractivity contribution in [2.75, 3.05) is 0 Å². The highest BCUT2D eigenvalue weighted by Gasteiger charge is 2.67. The molecule has 3 saturated carbocycles. The van der Waals surface area contributed by atoms with Gasteiger partial charge in [0.1, 0.15) is 0 Å². The van der Waals surface area contributed by atoms with Crippen molar-refractivity contribution in [1.29, 1.82) is 0 Å². The van der Waals surface area contributed by atoms with Gasteiger partial charge in [-0.3, -0.25) is 9.59 Å². The lowest BCUT2D eigenvalue weighted by Crippen LogP contribution is -2.62. The molecule has 5 aliphatic rings. The van der Waals surface area contributed by atoms with Crippen molar-refractivity contribution >= 4 is 11.7 Å². The zero-order valence-electron chi connectivity index (χ0n) is 16.0. The van der Waals surface area contributed by atoms with E-state index < -0.39 is 0 Å². The highest BCUT2D eigenvalue weighted by atomic mass is 16.3. The van der Waals surface area contributed by atoms with Crippen molar-refractivity contribution in [3.05, 3.63) is 11.6 Å². The van der Waals surface area contributed by atoms with Gasteiger partial charge in [-0.15, -0.1) is 0 Å². The average molecular weight is 357 g/mol. The van der Waals surface area contributed by atoms with E-state index in [0.29, 0.717) is 24.7 Å². The molecule has 3 unspecified atom stereocenters.